The first-order valence-electron chi connectivity index (χ1n) is 11.2. The smallest absolute Gasteiger partial charge is 0.409 e. The van der Waals surface area contributed by atoms with Gasteiger partial charge in [-0.05, 0) is 79.8 Å². The van der Waals surface area contributed by atoms with Gasteiger partial charge in [0.25, 0.3) is 0 Å². The van der Waals surface area contributed by atoms with E-state index in [1.54, 1.807) is 0 Å². The van der Waals surface area contributed by atoms with Crippen molar-refractivity contribution >= 4 is 28.6 Å². The summed E-state index contributed by atoms with van der Waals surface area (Å²) in [4.78, 5) is 22.4. The third-order valence-electron chi connectivity index (χ3n) is 6.96. The quantitative estimate of drug-likeness (QED) is 0.565. The minimum absolute atomic E-state index is 0.198. The lowest BCUT2D eigenvalue weighted by Crippen LogP contribution is -2.40. The standard InChI is InChI=1S/C25H28ClN3O2/c1-3-31-25(30)29-11-8-16(9-12-29)22-21-18(7-6-17-5-4-10-27-23(17)22)13-19(26)24-20(21)15(2)14-28-24/h4-5,10,13-14,16,22,28H,3,6-9,11-12H2,1-2H3. The molecule has 1 aliphatic carbocycles. The van der Waals surface area contributed by atoms with E-state index in [1.807, 2.05) is 24.1 Å². The fraction of sp³-hybridized carbons (Fsp3) is 0.440. The Morgan fingerprint density at radius 2 is 2.06 bits per heavy atom. The molecular formula is C25H28ClN3O2. The molecule has 2 aliphatic rings. The number of nitrogens with one attached hydrogen (secondary N) is 1. The lowest BCUT2D eigenvalue weighted by Gasteiger charge is -2.36. The van der Waals surface area contributed by atoms with Crippen molar-refractivity contribution in [3.63, 3.8) is 0 Å². The maximum absolute atomic E-state index is 12.2. The van der Waals surface area contributed by atoms with E-state index in [0.717, 1.165) is 49.3 Å². The zero-order chi connectivity index (χ0) is 21.5. The second-order valence-electron chi connectivity index (χ2n) is 8.70. The summed E-state index contributed by atoms with van der Waals surface area (Å²) in [6.45, 7) is 5.86. The highest BCUT2D eigenvalue weighted by Crippen LogP contribution is 2.46. The fourth-order valence-corrected chi connectivity index (χ4v) is 5.80. The number of fused-ring (bicyclic) bond motifs is 4. The van der Waals surface area contributed by atoms with Gasteiger partial charge in [0.2, 0.25) is 0 Å². The minimum Gasteiger partial charge on any atom is -0.450 e. The SMILES string of the molecule is CCOC(=O)N1CCC(C2c3ncccc3CCc3cc(Cl)c4[nH]cc(C)c4c32)CC1. The highest BCUT2D eigenvalue weighted by Gasteiger charge is 2.36. The van der Waals surface area contributed by atoms with Gasteiger partial charge in [0.1, 0.15) is 0 Å². The van der Waals surface area contributed by atoms with Crippen molar-refractivity contribution in [2.24, 2.45) is 5.92 Å². The number of ether oxygens (including phenoxy) is 1. The van der Waals surface area contributed by atoms with E-state index in [9.17, 15) is 4.79 Å². The van der Waals surface area contributed by atoms with Gasteiger partial charge in [-0.25, -0.2) is 4.79 Å². The van der Waals surface area contributed by atoms with Crippen molar-refractivity contribution in [1.29, 1.82) is 0 Å². The molecule has 2 aromatic heterocycles. The number of nitrogens with zero attached hydrogens (tertiary/aromatic N) is 2. The summed E-state index contributed by atoms with van der Waals surface area (Å²) in [5.74, 6) is 0.613. The van der Waals surface area contributed by atoms with Crippen LogP contribution in [-0.2, 0) is 17.6 Å². The first kappa shape index (κ1) is 20.4. The zero-order valence-corrected chi connectivity index (χ0v) is 18.8. The summed E-state index contributed by atoms with van der Waals surface area (Å²) < 4.78 is 5.23. The summed E-state index contributed by atoms with van der Waals surface area (Å²) in [5.41, 5.74) is 7.48. The number of piperidine rings is 1. The molecule has 1 amide bonds. The van der Waals surface area contributed by atoms with Crippen molar-refractivity contribution < 1.29 is 9.53 Å². The first-order chi connectivity index (χ1) is 15.1. The van der Waals surface area contributed by atoms with E-state index in [2.05, 4.69) is 30.2 Å². The number of halogens is 1. The van der Waals surface area contributed by atoms with E-state index in [0.29, 0.717) is 12.5 Å². The predicted molar refractivity (Wildman–Crippen MR) is 123 cm³/mol. The predicted octanol–water partition coefficient (Wildman–Crippen LogP) is 5.62. The van der Waals surface area contributed by atoms with Gasteiger partial charge in [-0.15, -0.1) is 0 Å². The molecule has 1 N–H and O–H groups in total. The van der Waals surface area contributed by atoms with Crippen LogP contribution >= 0.6 is 11.6 Å². The van der Waals surface area contributed by atoms with Crippen LogP contribution in [0.4, 0.5) is 4.79 Å². The summed E-state index contributed by atoms with van der Waals surface area (Å²) in [7, 11) is 0. The molecule has 1 unspecified atom stereocenters. The van der Waals surface area contributed by atoms with Crippen molar-refractivity contribution in [3.05, 3.63) is 63.6 Å². The van der Waals surface area contributed by atoms with Crippen molar-refractivity contribution in [3.8, 4) is 0 Å². The molecule has 0 radical (unpaired) electrons. The van der Waals surface area contributed by atoms with Crippen LogP contribution in [0.3, 0.4) is 0 Å². The molecule has 0 bridgehead atoms. The Morgan fingerprint density at radius 1 is 1.29 bits per heavy atom. The second kappa shape index (κ2) is 8.19. The lowest BCUT2D eigenvalue weighted by atomic mass is 9.75. The van der Waals surface area contributed by atoms with Crippen LogP contribution in [0.15, 0.2) is 30.6 Å². The van der Waals surface area contributed by atoms with E-state index in [-0.39, 0.29) is 12.0 Å². The minimum atomic E-state index is -0.198. The van der Waals surface area contributed by atoms with Gasteiger partial charge in [0, 0.05) is 36.8 Å². The number of benzene rings is 1. The summed E-state index contributed by atoms with van der Waals surface area (Å²) in [5, 5.41) is 2.04. The molecule has 3 heterocycles. The van der Waals surface area contributed by atoms with Gasteiger partial charge < -0.3 is 14.6 Å². The number of pyridine rings is 1. The molecule has 3 aromatic rings. The van der Waals surface area contributed by atoms with E-state index < -0.39 is 0 Å². The van der Waals surface area contributed by atoms with E-state index in [1.165, 1.54) is 33.3 Å². The Bertz CT molecular complexity index is 1130. The summed E-state index contributed by atoms with van der Waals surface area (Å²) >= 11 is 6.68. The largest absolute Gasteiger partial charge is 0.450 e. The molecule has 1 fully saturated rings. The maximum atomic E-state index is 12.2. The van der Waals surface area contributed by atoms with Gasteiger partial charge in [-0.1, -0.05) is 17.7 Å². The van der Waals surface area contributed by atoms with Gasteiger partial charge in [0.15, 0.2) is 0 Å². The van der Waals surface area contributed by atoms with Crippen LogP contribution in [0.2, 0.25) is 5.02 Å². The van der Waals surface area contributed by atoms with Crippen LogP contribution in [0.1, 0.15) is 53.6 Å². The first-order valence-corrected chi connectivity index (χ1v) is 11.6. The third-order valence-corrected chi connectivity index (χ3v) is 7.26. The average molecular weight is 438 g/mol. The number of amides is 1. The number of carbonyl (C=O) groups is 1. The molecule has 1 atom stereocenters. The number of aryl methyl sites for hydroxylation is 3. The molecular weight excluding hydrogens is 410 g/mol. The average Bonchev–Trinajstić information content (AvgIpc) is 3.09. The fourth-order valence-electron chi connectivity index (χ4n) is 5.52. The second-order valence-corrected chi connectivity index (χ2v) is 9.11. The Balaban J connectivity index is 1.61. The van der Waals surface area contributed by atoms with Crippen LogP contribution < -0.4 is 0 Å². The summed E-state index contributed by atoms with van der Waals surface area (Å²) in [6.07, 6.45) is 7.59. The maximum Gasteiger partial charge on any atom is 0.409 e. The van der Waals surface area contributed by atoms with Gasteiger partial charge in [-0.3, -0.25) is 4.98 Å². The van der Waals surface area contributed by atoms with Crippen molar-refractivity contribution in [1.82, 2.24) is 14.9 Å². The number of likely N-dealkylation sites (tertiary alicyclic amines) is 1. The van der Waals surface area contributed by atoms with Gasteiger partial charge in [-0.2, -0.15) is 0 Å². The Labute approximate surface area is 187 Å². The van der Waals surface area contributed by atoms with Crippen LogP contribution in [0, 0.1) is 12.8 Å². The number of rotatable bonds is 2. The molecule has 1 aromatic carbocycles. The lowest BCUT2D eigenvalue weighted by molar-refractivity contribution is 0.0900. The highest BCUT2D eigenvalue weighted by atomic mass is 35.5. The highest BCUT2D eigenvalue weighted by molar-refractivity contribution is 6.35. The number of aromatic nitrogens is 2. The van der Waals surface area contributed by atoms with Gasteiger partial charge in [0.05, 0.1) is 22.8 Å². The topological polar surface area (TPSA) is 58.2 Å². The Hall–Kier alpha value is -2.53. The van der Waals surface area contributed by atoms with Crippen LogP contribution in [0.25, 0.3) is 10.9 Å². The van der Waals surface area contributed by atoms with Crippen LogP contribution in [-0.4, -0.2) is 40.7 Å². The monoisotopic (exact) mass is 437 g/mol. The van der Waals surface area contributed by atoms with E-state index in [4.69, 9.17) is 21.3 Å². The molecule has 0 saturated carbocycles. The number of aromatic amines is 1. The normalized spacial score (nSPS) is 19.1. The molecule has 1 aliphatic heterocycles. The molecule has 1 saturated heterocycles. The number of carbonyl (C=O) groups excluding carboxylic acids is 1. The Kier molecular flexibility index (Phi) is 5.39. The number of H-pyrrole nitrogens is 1. The Morgan fingerprint density at radius 3 is 2.84 bits per heavy atom. The molecule has 6 heteroatoms. The molecule has 5 rings (SSSR count). The summed E-state index contributed by atoms with van der Waals surface area (Å²) in [6, 6.07) is 6.42. The molecule has 5 nitrogen and oxygen atoms in total. The van der Waals surface area contributed by atoms with Crippen LogP contribution in [0.5, 0.6) is 0 Å². The molecule has 0 spiro atoms. The number of hydrogen-bond acceptors (Lipinski definition) is 3. The third kappa shape index (κ3) is 3.49. The van der Waals surface area contributed by atoms with Crippen molar-refractivity contribution in [2.45, 2.75) is 45.4 Å². The van der Waals surface area contributed by atoms with Gasteiger partial charge >= 0.3 is 6.09 Å². The molecule has 162 valence electrons. The van der Waals surface area contributed by atoms with E-state index >= 15 is 0 Å². The zero-order valence-electron chi connectivity index (χ0n) is 18.1. The number of hydrogen-bond donors (Lipinski definition) is 1. The van der Waals surface area contributed by atoms with Crippen molar-refractivity contribution in [2.75, 3.05) is 19.7 Å². The molecule has 31 heavy (non-hydrogen) atoms.